The zero-order valence-electron chi connectivity index (χ0n) is 15.5. The van der Waals surface area contributed by atoms with Crippen molar-refractivity contribution >= 4 is 0 Å². The normalized spacial score (nSPS) is 25.8. The number of nitrogens with one attached hydrogen (secondary N) is 1. The van der Waals surface area contributed by atoms with Crippen LogP contribution in [0.1, 0.15) is 19.8 Å². The number of ether oxygens (including phenoxy) is 1. The monoisotopic (exact) mass is 375 g/mol. The highest BCUT2D eigenvalue weighted by molar-refractivity contribution is 5.68. The molecule has 7 nitrogen and oxygen atoms in total. The molecule has 0 radical (unpaired) electrons. The second-order valence-corrected chi connectivity index (χ2v) is 7.62. The Morgan fingerprint density at radius 3 is 2.93 bits per heavy atom. The number of phenolic OH excluding ortho intramolecular Hbond substituents is 1. The topological polar surface area (TPSA) is 85.1 Å². The van der Waals surface area contributed by atoms with Gasteiger partial charge >= 0.3 is 0 Å². The van der Waals surface area contributed by atoms with Gasteiger partial charge in [0.25, 0.3) is 0 Å². The third-order valence-corrected chi connectivity index (χ3v) is 5.36. The van der Waals surface area contributed by atoms with E-state index in [2.05, 4.69) is 39.3 Å². The number of hydrogen-bond donors (Lipinski definition) is 2. The van der Waals surface area contributed by atoms with Crippen LogP contribution in [0.25, 0.3) is 16.9 Å². The van der Waals surface area contributed by atoms with E-state index in [9.17, 15) is 5.11 Å². The fourth-order valence-electron chi connectivity index (χ4n) is 4.04. The number of rotatable bonds is 4. The van der Waals surface area contributed by atoms with Crippen LogP contribution in [0.15, 0.2) is 61.5 Å². The average molecular weight is 375 g/mol. The number of imidazole rings is 1. The van der Waals surface area contributed by atoms with Crippen molar-refractivity contribution in [1.29, 1.82) is 0 Å². The second-order valence-electron chi connectivity index (χ2n) is 7.62. The van der Waals surface area contributed by atoms with Gasteiger partial charge in [0.15, 0.2) is 0 Å². The SMILES string of the molecule is C[C@@]12C=CC(C[C@H](Oc3cnc(-c4ccc(-n5ccnc5)cc4O)cn3)C1)N2. The summed E-state index contributed by atoms with van der Waals surface area (Å²) in [5.41, 5.74) is 2.05. The molecule has 0 spiro atoms. The maximum Gasteiger partial charge on any atom is 0.232 e. The molecular weight excluding hydrogens is 354 g/mol. The van der Waals surface area contributed by atoms with Crippen molar-refractivity contribution in [3.63, 3.8) is 0 Å². The van der Waals surface area contributed by atoms with E-state index < -0.39 is 0 Å². The first-order valence-electron chi connectivity index (χ1n) is 9.35. The van der Waals surface area contributed by atoms with E-state index in [4.69, 9.17) is 4.74 Å². The Morgan fingerprint density at radius 2 is 2.21 bits per heavy atom. The van der Waals surface area contributed by atoms with Crippen LogP contribution >= 0.6 is 0 Å². The van der Waals surface area contributed by atoms with Crippen LogP contribution in [0.2, 0.25) is 0 Å². The number of nitrogens with zero attached hydrogens (tertiary/aromatic N) is 4. The molecule has 7 heteroatoms. The smallest absolute Gasteiger partial charge is 0.232 e. The van der Waals surface area contributed by atoms with Gasteiger partial charge in [-0.1, -0.05) is 12.2 Å². The van der Waals surface area contributed by atoms with E-state index in [1.165, 1.54) is 0 Å². The van der Waals surface area contributed by atoms with Gasteiger partial charge in [0.05, 0.1) is 30.1 Å². The molecule has 142 valence electrons. The molecule has 1 aromatic carbocycles. The molecule has 28 heavy (non-hydrogen) atoms. The van der Waals surface area contributed by atoms with Crippen LogP contribution < -0.4 is 10.1 Å². The summed E-state index contributed by atoms with van der Waals surface area (Å²) in [6.07, 6.45) is 14.8. The van der Waals surface area contributed by atoms with E-state index in [1.807, 2.05) is 22.9 Å². The standard InChI is InChI=1S/C21H21N5O2/c1-21-5-4-14(25-21)8-16(10-21)28-20-12-23-18(11-24-20)17-3-2-15(9-19(17)27)26-7-6-22-13-26/h2-7,9,11-14,16,25,27H,8,10H2,1H3/t14?,16-,21+/m0/s1. The largest absolute Gasteiger partial charge is 0.507 e. The molecule has 2 N–H and O–H groups in total. The van der Waals surface area contributed by atoms with Crippen molar-refractivity contribution in [1.82, 2.24) is 24.8 Å². The summed E-state index contributed by atoms with van der Waals surface area (Å²) < 4.78 is 7.89. The first-order chi connectivity index (χ1) is 13.6. The predicted molar refractivity (Wildman–Crippen MR) is 104 cm³/mol. The first kappa shape index (κ1) is 16.9. The Balaban J connectivity index is 1.31. The van der Waals surface area contributed by atoms with Gasteiger partial charge in [-0.05, 0) is 19.1 Å². The predicted octanol–water partition coefficient (Wildman–Crippen LogP) is 2.86. The molecule has 3 atom stereocenters. The van der Waals surface area contributed by atoms with Gasteiger partial charge < -0.3 is 19.7 Å². The number of benzene rings is 1. The van der Waals surface area contributed by atoms with Crippen molar-refractivity contribution in [2.75, 3.05) is 0 Å². The Morgan fingerprint density at radius 1 is 1.29 bits per heavy atom. The Labute approximate surface area is 162 Å². The third-order valence-electron chi connectivity index (χ3n) is 5.36. The number of aromatic nitrogens is 4. The molecule has 0 aliphatic carbocycles. The molecule has 2 aromatic heterocycles. The maximum absolute atomic E-state index is 10.4. The highest BCUT2D eigenvalue weighted by atomic mass is 16.5. The van der Waals surface area contributed by atoms with Gasteiger partial charge in [-0.2, -0.15) is 0 Å². The quantitative estimate of drug-likeness (QED) is 0.682. The lowest BCUT2D eigenvalue weighted by Gasteiger charge is -2.36. The van der Waals surface area contributed by atoms with E-state index in [-0.39, 0.29) is 17.4 Å². The van der Waals surface area contributed by atoms with Crippen molar-refractivity contribution in [3.05, 3.63) is 61.5 Å². The molecule has 0 amide bonds. The third kappa shape index (κ3) is 3.14. The highest BCUT2D eigenvalue weighted by Crippen LogP contribution is 2.33. The molecule has 5 rings (SSSR count). The summed E-state index contributed by atoms with van der Waals surface area (Å²) in [7, 11) is 0. The fraction of sp³-hybridized carbons (Fsp3) is 0.286. The van der Waals surface area contributed by atoms with Gasteiger partial charge in [0.2, 0.25) is 5.88 Å². The van der Waals surface area contributed by atoms with Crippen LogP contribution in [-0.4, -0.2) is 42.3 Å². The summed E-state index contributed by atoms with van der Waals surface area (Å²) in [5, 5.41) is 14.0. The molecule has 1 unspecified atom stereocenters. The zero-order valence-corrected chi connectivity index (χ0v) is 15.5. The summed E-state index contributed by atoms with van der Waals surface area (Å²) in [6, 6.07) is 5.77. The summed E-state index contributed by atoms with van der Waals surface area (Å²) in [5.74, 6) is 0.649. The number of aromatic hydroxyl groups is 1. The second kappa shape index (κ2) is 6.45. The minimum atomic E-state index is 0.00370. The summed E-state index contributed by atoms with van der Waals surface area (Å²) in [6.45, 7) is 2.18. The van der Waals surface area contributed by atoms with Gasteiger partial charge in [-0.15, -0.1) is 0 Å². The Kier molecular flexibility index (Phi) is 3.91. The number of phenols is 1. The summed E-state index contributed by atoms with van der Waals surface area (Å²) >= 11 is 0. The fourth-order valence-corrected chi connectivity index (χ4v) is 4.04. The minimum absolute atomic E-state index is 0.00370. The van der Waals surface area contributed by atoms with Crippen LogP contribution in [0.3, 0.4) is 0 Å². The van der Waals surface area contributed by atoms with Crippen LogP contribution in [0.5, 0.6) is 11.6 Å². The molecule has 2 aliphatic heterocycles. The molecule has 3 aromatic rings. The highest BCUT2D eigenvalue weighted by Gasteiger charge is 2.39. The van der Waals surface area contributed by atoms with E-state index in [0.29, 0.717) is 23.2 Å². The Bertz CT molecular complexity index is 1020. The van der Waals surface area contributed by atoms with Crippen molar-refractivity contribution in [2.45, 2.75) is 37.5 Å². The van der Waals surface area contributed by atoms with E-state index in [0.717, 1.165) is 18.5 Å². The van der Waals surface area contributed by atoms with Crippen molar-refractivity contribution in [3.8, 4) is 28.6 Å². The van der Waals surface area contributed by atoms with Crippen LogP contribution in [-0.2, 0) is 0 Å². The van der Waals surface area contributed by atoms with Crippen LogP contribution in [0.4, 0.5) is 0 Å². The maximum atomic E-state index is 10.4. The Hall–Kier alpha value is -3.19. The summed E-state index contributed by atoms with van der Waals surface area (Å²) in [4.78, 5) is 12.9. The van der Waals surface area contributed by atoms with E-state index in [1.54, 1.807) is 31.0 Å². The average Bonchev–Trinajstić information content (AvgIpc) is 3.30. The first-order valence-corrected chi connectivity index (χ1v) is 9.35. The molecule has 1 fully saturated rings. The van der Waals surface area contributed by atoms with Crippen molar-refractivity contribution in [2.24, 2.45) is 0 Å². The molecule has 1 saturated heterocycles. The molecular formula is C21H21N5O2. The molecule has 0 saturated carbocycles. The lowest BCUT2D eigenvalue weighted by Crippen LogP contribution is -2.51. The molecule has 4 heterocycles. The molecule has 2 bridgehead atoms. The van der Waals surface area contributed by atoms with E-state index >= 15 is 0 Å². The van der Waals surface area contributed by atoms with Gasteiger partial charge in [0, 0.05) is 48.4 Å². The van der Waals surface area contributed by atoms with Gasteiger partial charge in [0.1, 0.15) is 11.9 Å². The minimum Gasteiger partial charge on any atom is -0.507 e. The number of fused-ring (bicyclic) bond motifs is 2. The van der Waals surface area contributed by atoms with Crippen molar-refractivity contribution < 1.29 is 9.84 Å². The lowest BCUT2D eigenvalue weighted by atomic mass is 9.91. The lowest BCUT2D eigenvalue weighted by molar-refractivity contribution is 0.111. The van der Waals surface area contributed by atoms with Crippen LogP contribution in [0, 0.1) is 0 Å². The number of piperidine rings is 1. The van der Waals surface area contributed by atoms with Gasteiger partial charge in [-0.25, -0.2) is 15.0 Å². The zero-order chi connectivity index (χ0) is 19.1. The molecule has 2 aliphatic rings. The van der Waals surface area contributed by atoms with Gasteiger partial charge in [-0.3, -0.25) is 0 Å². The number of hydrogen-bond acceptors (Lipinski definition) is 6.